The van der Waals surface area contributed by atoms with Gasteiger partial charge in [0.1, 0.15) is 23.2 Å². The predicted octanol–water partition coefficient (Wildman–Crippen LogP) is 4.12. The van der Waals surface area contributed by atoms with Crippen LogP contribution in [-0.4, -0.2) is 0 Å². The van der Waals surface area contributed by atoms with Gasteiger partial charge in [-0.2, -0.15) is 5.26 Å². The van der Waals surface area contributed by atoms with Gasteiger partial charge in [-0.3, -0.25) is 0 Å². The van der Waals surface area contributed by atoms with Crippen LogP contribution in [0.2, 0.25) is 10.0 Å². The van der Waals surface area contributed by atoms with E-state index in [9.17, 15) is 10.1 Å². The Bertz CT molecular complexity index is 973. The Morgan fingerprint density at radius 2 is 2.04 bits per heavy atom. The number of nitrogens with zero attached hydrogens (tertiary/aromatic N) is 1. The van der Waals surface area contributed by atoms with Crippen molar-refractivity contribution in [2.24, 2.45) is 5.73 Å². The van der Waals surface area contributed by atoms with Crippen LogP contribution >= 0.6 is 23.2 Å². The smallest absolute Gasteiger partial charge is 0.343 e. The molecule has 1 aromatic heterocycles. The van der Waals surface area contributed by atoms with Crippen LogP contribution < -0.4 is 16.1 Å². The van der Waals surface area contributed by atoms with Gasteiger partial charge in [0.25, 0.3) is 0 Å². The van der Waals surface area contributed by atoms with Crippen molar-refractivity contribution in [3.05, 3.63) is 73.1 Å². The molecule has 5 nitrogen and oxygen atoms in total. The third kappa shape index (κ3) is 3.11. The minimum absolute atomic E-state index is 0.0425. The van der Waals surface area contributed by atoms with Gasteiger partial charge < -0.3 is 14.9 Å². The number of rotatable bonds is 3. The van der Waals surface area contributed by atoms with E-state index in [0.29, 0.717) is 33.5 Å². The maximum absolute atomic E-state index is 12.6. The molecular formula is C18H14Cl2N2O3. The third-order valence-corrected chi connectivity index (χ3v) is 4.70. The van der Waals surface area contributed by atoms with Gasteiger partial charge in [0, 0.05) is 12.5 Å². The molecule has 0 spiro atoms. The fourth-order valence-electron chi connectivity index (χ4n) is 2.85. The lowest BCUT2D eigenvalue weighted by atomic mass is 9.84. The Morgan fingerprint density at radius 1 is 1.28 bits per heavy atom. The second kappa shape index (κ2) is 6.83. The van der Waals surface area contributed by atoms with Gasteiger partial charge in [0.15, 0.2) is 0 Å². The molecule has 1 unspecified atom stereocenters. The van der Waals surface area contributed by atoms with Crippen LogP contribution in [0.1, 0.15) is 36.1 Å². The van der Waals surface area contributed by atoms with Crippen molar-refractivity contribution < 1.29 is 9.15 Å². The molecule has 128 valence electrons. The van der Waals surface area contributed by atoms with Crippen LogP contribution in [0.5, 0.6) is 5.75 Å². The topological polar surface area (TPSA) is 89.2 Å². The van der Waals surface area contributed by atoms with Gasteiger partial charge in [-0.05, 0) is 24.1 Å². The van der Waals surface area contributed by atoms with Crippen molar-refractivity contribution in [1.82, 2.24) is 0 Å². The van der Waals surface area contributed by atoms with Crippen molar-refractivity contribution in [1.29, 1.82) is 5.26 Å². The molecule has 1 aliphatic rings. The average Bonchev–Trinajstić information content (AvgIpc) is 2.56. The van der Waals surface area contributed by atoms with Gasteiger partial charge in [0.05, 0.1) is 21.5 Å². The molecule has 2 heterocycles. The summed E-state index contributed by atoms with van der Waals surface area (Å²) >= 11 is 12.1. The molecule has 0 saturated carbocycles. The summed E-state index contributed by atoms with van der Waals surface area (Å²) in [6.45, 7) is 1.97. The summed E-state index contributed by atoms with van der Waals surface area (Å²) in [7, 11) is 0. The number of aryl methyl sites for hydroxylation is 1. The Hall–Kier alpha value is -2.42. The maximum Gasteiger partial charge on any atom is 0.343 e. The largest absolute Gasteiger partial charge is 0.440 e. The summed E-state index contributed by atoms with van der Waals surface area (Å²) in [5.41, 5.74) is 6.32. The lowest BCUT2D eigenvalue weighted by Gasteiger charge is -2.25. The van der Waals surface area contributed by atoms with E-state index in [1.165, 1.54) is 0 Å². The first-order valence-electron chi connectivity index (χ1n) is 7.65. The Morgan fingerprint density at radius 3 is 2.68 bits per heavy atom. The monoisotopic (exact) mass is 376 g/mol. The zero-order valence-electron chi connectivity index (χ0n) is 13.3. The van der Waals surface area contributed by atoms with E-state index >= 15 is 0 Å². The first kappa shape index (κ1) is 17.4. The Balaban J connectivity index is 2.25. The molecule has 1 atom stereocenters. The molecule has 0 bridgehead atoms. The standard InChI is InChI=1S/C18H14Cl2N2O3/c1-2-3-10-7-14-16(18(23)24-10)15(11(8-21)17(22)25-14)9-4-5-12(19)13(20)6-9/h4-7,15H,2-3,22H2,1H3. The summed E-state index contributed by atoms with van der Waals surface area (Å²) in [5, 5.41) is 10.2. The van der Waals surface area contributed by atoms with E-state index in [4.69, 9.17) is 38.1 Å². The Labute approximate surface area is 154 Å². The summed E-state index contributed by atoms with van der Waals surface area (Å²) in [4.78, 5) is 12.6. The van der Waals surface area contributed by atoms with E-state index in [1.54, 1.807) is 24.3 Å². The van der Waals surface area contributed by atoms with E-state index < -0.39 is 11.5 Å². The number of fused-ring (bicyclic) bond motifs is 1. The molecule has 3 rings (SSSR count). The highest BCUT2D eigenvalue weighted by atomic mass is 35.5. The van der Waals surface area contributed by atoms with Gasteiger partial charge in [-0.1, -0.05) is 36.2 Å². The van der Waals surface area contributed by atoms with E-state index in [0.717, 1.165) is 6.42 Å². The second-order valence-electron chi connectivity index (χ2n) is 5.63. The van der Waals surface area contributed by atoms with Crippen molar-refractivity contribution in [2.75, 3.05) is 0 Å². The van der Waals surface area contributed by atoms with Crippen LogP contribution in [0.15, 0.2) is 44.9 Å². The van der Waals surface area contributed by atoms with E-state index in [-0.39, 0.29) is 17.0 Å². The third-order valence-electron chi connectivity index (χ3n) is 3.96. The van der Waals surface area contributed by atoms with Crippen molar-refractivity contribution in [3.8, 4) is 11.8 Å². The first-order valence-corrected chi connectivity index (χ1v) is 8.41. The number of nitrogens with two attached hydrogens (primary N) is 1. The maximum atomic E-state index is 12.6. The van der Waals surface area contributed by atoms with Gasteiger partial charge in [0.2, 0.25) is 5.88 Å². The fourth-order valence-corrected chi connectivity index (χ4v) is 3.15. The van der Waals surface area contributed by atoms with Crippen molar-refractivity contribution in [3.63, 3.8) is 0 Å². The van der Waals surface area contributed by atoms with Crippen molar-refractivity contribution in [2.45, 2.75) is 25.7 Å². The highest BCUT2D eigenvalue weighted by molar-refractivity contribution is 6.42. The Kier molecular flexibility index (Phi) is 4.76. The van der Waals surface area contributed by atoms with Gasteiger partial charge in [-0.15, -0.1) is 0 Å². The van der Waals surface area contributed by atoms with E-state index in [1.807, 2.05) is 13.0 Å². The molecule has 1 aromatic carbocycles. The molecular weight excluding hydrogens is 363 g/mol. The van der Waals surface area contributed by atoms with Crippen LogP contribution in [0.3, 0.4) is 0 Å². The fraction of sp³-hybridized carbons (Fsp3) is 0.222. The number of ether oxygens (including phenoxy) is 1. The summed E-state index contributed by atoms with van der Waals surface area (Å²) < 4.78 is 10.9. The normalized spacial score (nSPS) is 16.2. The minimum atomic E-state index is -0.726. The molecule has 1 aliphatic heterocycles. The molecule has 2 aromatic rings. The number of hydrogen-bond acceptors (Lipinski definition) is 5. The first-order chi connectivity index (χ1) is 12.0. The summed E-state index contributed by atoms with van der Waals surface area (Å²) in [5.74, 6) is 0.0363. The van der Waals surface area contributed by atoms with Crippen LogP contribution in [0, 0.1) is 11.3 Å². The molecule has 0 aliphatic carbocycles. The van der Waals surface area contributed by atoms with Gasteiger partial charge >= 0.3 is 5.63 Å². The summed E-state index contributed by atoms with van der Waals surface area (Å²) in [6.07, 6.45) is 1.41. The number of benzene rings is 1. The molecule has 7 heteroatoms. The highest BCUT2D eigenvalue weighted by Gasteiger charge is 2.34. The second-order valence-corrected chi connectivity index (χ2v) is 6.44. The van der Waals surface area contributed by atoms with Crippen LogP contribution in [0.25, 0.3) is 0 Å². The average molecular weight is 377 g/mol. The molecule has 25 heavy (non-hydrogen) atoms. The lowest BCUT2D eigenvalue weighted by Crippen LogP contribution is -2.26. The molecule has 0 radical (unpaired) electrons. The SMILES string of the molecule is CCCc1cc2c(c(=O)o1)C(c1ccc(Cl)c(Cl)c1)C(C#N)=C(N)O2. The highest BCUT2D eigenvalue weighted by Crippen LogP contribution is 2.41. The predicted molar refractivity (Wildman–Crippen MR) is 94.7 cm³/mol. The lowest BCUT2D eigenvalue weighted by molar-refractivity contribution is 0.367. The van der Waals surface area contributed by atoms with Gasteiger partial charge in [-0.25, -0.2) is 4.79 Å². The zero-order valence-corrected chi connectivity index (χ0v) is 14.8. The quantitative estimate of drug-likeness (QED) is 0.869. The number of nitriles is 1. The molecule has 0 saturated heterocycles. The zero-order chi connectivity index (χ0) is 18.1. The summed E-state index contributed by atoms with van der Waals surface area (Å²) in [6, 6.07) is 8.56. The number of allylic oxidation sites excluding steroid dienone is 1. The van der Waals surface area contributed by atoms with E-state index in [2.05, 4.69) is 0 Å². The van der Waals surface area contributed by atoms with Crippen LogP contribution in [-0.2, 0) is 6.42 Å². The molecule has 2 N–H and O–H groups in total. The van der Waals surface area contributed by atoms with Crippen molar-refractivity contribution >= 4 is 23.2 Å². The molecule has 0 fully saturated rings. The number of hydrogen-bond donors (Lipinski definition) is 1. The number of halogens is 2. The molecule has 0 amide bonds. The van der Waals surface area contributed by atoms with Crippen LogP contribution in [0.4, 0.5) is 0 Å². The minimum Gasteiger partial charge on any atom is -0.440 e.